The molecule has 0 amide bonds. The Morgan fingerprint density at radius 1 is 1.57 bits per heavy atom. The van der Waals surface area contributed by atoms with Crippen molar-refractivity contribution in [3.63, 3.8) is 0 Å². The second kappa shape index (κ2) is 4.59. The van der Waals surface area contributed by atoms with E-state index in [9.17, 15) is 13.5 Å². The molecule has 0 spiro atoms. The van der Waals surface area contributed by atoms with Crippen LogP contribution < -0.4 is 0 Å². The minimum absolute atomic E-state index is 0.318. The maximum Gasteiger partial charge on any atom is 0.211 e. The van der Waals surface area contributed by atoms with Gasteiger partial charge in [-0.2, -0.15) is 0 Å². The third-order valence-electron chi connectivity index (χ3n) is 2.63. The first-order valence-corrected chi connectivity index (χ1v) is 6.87. The van der Waals surface area contributed by atoms with E-state index in [1.165, 1.54) is 10.6 Å². The molecule has 84 valence electrons. The second-order valence-corrected chi connectivity index (χ2v) is 6.20. The first kappa shape index (κ1) is 11.9. The van der Waals surface area contributed by atoms with Gasteiger partial charge in [-0.1, -0.05) is 0 Å². The highest BCUT2D eigenvalue weighted by Gasteiger charge is 2.26. The van der Waals surface area contributed by atoms with E-state index < -0.39 is 10.0 Å². The van der Waals surface area contributed by atoms with Crippen molar-refractivity contribution in [1.82, 2.24) is 4.31 Å². The van der Waals surface area contributed by atoms with Gasteiger partial charge in [-0.05, 0) is 32.1 Å². The van der Waals surface area contributed by atoms with Crippen molar-refractivity contribution >= 4 is 10.0 Å². The molecule has 0 saturated carbocycles. The average molecular weight is 221 g/mol. The van der Waals surface area contributed by atoms with Gasteiger partial charge in [0.2, 0.25) is 10.0 Å². The third-order valence-corrected chi connectivity index (χ3v) is 3.89. The molecule has 2 unspecified atom stereocenters. The highest BCUT2D eigenvalue weighted by Crippen LogP contribution is 2.22. The molecule has 0 aromatic heterocycles. The molecule has 0 radical (unpaired) electrons. The van der Waals surface area contributed by atoms with Crippen LogP contribution in [0.2, 0.25) is 0 Å². The summed E-state index contributed by atoms with van der Waals surface area (Å²) >= 11 is 0. The summed E-state index contributed by atoms with van der Waals surface area (Å²) in [4.78, 5) is 0. The molecule has 1 aliphatic rings. The van der Waals surface area contributed by atoms with Crippen molar-refractivity contribution in [2.24, 2.45) is 5.92 Å². The van der Waals surface area contributed by atoms with E-state index in [1.54, 1.807) is 6.92 Å². The summed E-state index contributed by atoms with van der Waals surface area (Å²) in [6.45, 7) is 2.96. The normalized spacial score (nSPS) is 27.5. The second-order valence-electron chi connectivity index (χ2n) is 4.21. The Kier molecular flexibility index (Phi) is 3.92. The topological polar surface area (TPSA) is 57.6 Å². The summed E-state index contributed by atoms with van der Waals surface area (Å²) in [7, 11) is -3.04. The van der Waals surface area contributed by atoms with Gasteiger partial charge in [0.1, 0.15) is 0 Å². The Hall–Kier alpha value is -0.130. The van der Waals surface area contributed by atoms with Crippen LogP contribution in [0.3, 0.4) is 0 Å². The van der Waals surface area contributed by atoms with E-state index in [0.29, 0.717) is 25.4 Å². The molecule has 14 heavy (non-hydrogen) atoms. The number of sulfonamides is 1. The molecular formula is C9H19NO3S. The molecule has 2 atom stereocenters. The maximum atomic E-state index is 11.3. The fourth-order valence-corrected chi connectivity index (χ4v) is 2.95. The molecule has 1 saturated heterocycles. The fraction of sp³-hybridized carbons (Fsp3) is 1.00. The minimum atomic E-state index is -3.04. The van der Waals surface area contributed by atoms with Crippen molar-refractivity contribution in [3.05, 3.63) is 0 Å². The van der Waals surface area contributed by atoms with Crippen LogP contribution in [0.15, 0.2) is 0 Å². The molecule has 1 heterocycles. The summed E-state index contributed by atoms with van der Waals surface area (Å²) in [5.74, 6) is 0.318. The number of piperidine rings is 1. The Balaban J connectivity index is 2.52. The zero-order valence-corrected chi connectivity index (χ0v) is 9.63. The van der Waals surface area contributed by atoms with Gasteiger partial charge < -0.3 is 5.11 Å². The summed E-state index contributed by atoms with van der Waals surface area (Å²) < 4.78 is 24.1. The van der Waals surface area contributed by atoms with Crippen LogP contribution in [-0.2, 0) is 10.0 Å². The first-order valence-electron chi connectivity index (χ1n) is 5.03. The van der Waals surface area contributed by atoms with Gasteiger partial charge in [0.25, 0.3) is 0 Å². The van der Waals surface area contributed by atoms with E-state index in [-0.39, 0.29) is 6.10 Å². The highest BCUT2D eigenvalue weighted by atomic mass is 32.2. The molecule has 1 aliphatic heterocycles. The molecule has 1 rings (SSSR count). The lowest BCUT2D eigenvalue weighted by Gasteiger charge is -2.31. The fourth-order valence-electron chi connectivity index (χ4n) is 2.00. The molecule has 1 N–H and O–H groups in total. The number of aliphatic hydroxyl groups is 1. The maximum absolute atomic E-state index is 11.3. The molecule has 5 heteroatoms. The summed E-state index contributed by atoms with van der Waals surface area (Å²) in [5, 5.41) is 9.23. The van der Waals surface area contributed by atoms with Crippen LogP contribution in [-0.4, -0.2) is 43.3 Å². The number of aliphatic hydroxyl groups excluding tert-OH is 1. The van der Waals surface area contributed by atoms with Crippen LogP contribution >= 0.6 is 0 Å². The van der Waals surface area contributed by atoms with Crippen molar-refractivity contribution in [2.75, 3.05) is 19.3 Å². The Bertz CT molecular complexity index is 274. The number of rotatable bonds is 3. The van der Waals surface area contributed by atoms with E-state index in [2.05, 4.69) is 0 Å². The number of hydrogen-bond donors (Lipinski definition) is 1. The van der Waals surface area contributed by atoms with Gasteiger partial charge in [-0.3, -0.25) is 0 Å². The van der Waals surface area contributed by atoms with Gasteiger partial charge in [0.05, 0.1) is 12.4 Å². The summed E-state index contributed by atoms with van der Waals surface area (Å²) in [6.07, 6.45) is 3.55. The zero-order valence-electron chi connectivity index (χ0n) is 8.81. The average Bonchev–Trinajstić information content (AvgIpc) is 2.01. The SMILES string of the molecule is CC(O)CC1CCCN(S(C)(=O)=O)C1. The molecule has 1 fully saturated rings. The van der Waals surface area contributed by atoms with Crippen LogP contribution in [0.4, 0.5) is 0 Å². The largest absolute Gasteiger partial charge is 0.393 e. The van der Waals surface area contributed by atoms with Crippen molar-refractivity contribution in [3.8, 4) is 0 Å². The van der Waals surface area contributed by atoms with Crippen molar-refractivity contribution in [2.45, 2.75) is 32.3 Å². The van der Waals surface area contributed by atoms with E-state index >= 15 is 0 Å². The Labute approximate surface area is 86.0 Å². The van der Waals surface area contributed by atoms with Crippen molar-refractivity contribution < 1.29 is 13.5 Å². The smallest absolute Gasteiger partial charge is 0.211 e. The van der Waals surface area contributed by atoms with Gasteiger partial charge in [-0.15, -0.1) is 0 Å². The van der Waals surface area contributed by atoms with Crippen molar-refractivity contribution in [1.29, 1.82) is 0 Å². The predicted molar refractivity (Wildman–Crippen MR) is 55.4 cm³/mol. The Morgan fingerprint density at radius 3 is 2.71 bits per heavy atom. The standard InChI is InChI=1S/C9H19NO3S/c1-8(11)6-9-4-3-5-10(7-9)14(2,12)13/h8-9,11H,3-7H2,1-2H3. The van der Waals surface area contributed by atoms with E-state index in [4.69, 9.17) is 0 Å². The Morgan fingerprint density at radius 2 is 2.21 bits per heavy atom. The lowest BCUT2D eigenvalue weighted by molar-refractivity contribution is 0.136. The molecular weight excluding hydrogens is 202 g/mol. The number of nitrogens with zero attached hydrogens (tertiary/aromatic N) is 1. The third kappa shape index (κ3) is 3.55. The monoisotopic (exact) mass is 221 g/mol. The first-order chi connectivity index (χ1) is 6.39. The zero-order chi connectivity index (χ0) is 10.8. The predicted octanol–water partition coefficient (Wildman–Crippen LogP) is 0.429. The van der Waals surface area contributed by atoms with Gasteiger partial charge >= 0.3 is 0 Å². The highest BCUT2D eigenvalue weighted by molar-refractivity contribution is 7.88. The van der Waals surface area contributed by atoms with Gasteiger partial charge in [0.15, 0.2) is 0 Å². The van der Waals surface area contributed by atoms with Gasteiger partial charge in [-0.25, -0.2) is 12.7 Å². The number of hydrogen-bond acceptors (Lipinski definition) is 3. The lowest BCUT2D eigenvalue weighted by atomic mass is 9.94. The molecule has 0 aliphatic carbocycles. The molecule has 4 nitrogen and oxygen atoms in total. The van der Waals surface area contributed by atoms with Crippen LogP contribution in [0, 0.1) is 5.92 Å². The molecule has 0 bridgehead atoms. The van der Waals surface area contributed by atoms with E-state index in [0.717, 1.165) is 12.8 Å². The van der Waals surface area contributed by atoms with Crippen LogP contribution in [0.1, 0.15) is 26.2 Å². The molecule has 0 aromatic carbocycles. The summed E-state index contributed by atoms with van der Waals surface area (Å²) in [6, 6.07) is 0. The van der Waals surface area contributed by atoms with Crippen LogP contribution in [0.25, 0.3) is 0 Å². The van der Waals surface area contributed by atoms with E-state index in [1.807, 2.05) is 0 Å². The lowest BCUT2D eigenvalue weighted by Crippen LogP contribution is -2.39. The quantitative estimate of drug-likeness (QED) is 0.752. The minimum Gasteiger partial charge on any atom is -0.393 e. The van der Waals surface area contributed by atoms with Gasteiger partial charge in [0, 0.05) is 13.1 Å². The molecule has 0 aromatic rings. The van der Waals surface area contributed by atoms with Crippen LogP contribution in [0.5, 0.6) is 0 Å². The summed E-state index contributed by atoms with van der Waals surface area (Å²) in [5.41, 5.74) is 0.